The van der Waals surface area contributed by atoms with Gasteiger partial charge in [-0.1, -0.05) is 34.1 Å². The molecule has 0 amide bonds. The summed E-state index contributed by atoms with van der Waals surface area (Å²) in [6, 6.07) is 11.4. The van der Waals surface area contributed by atoms with Crippen molar-refractivity contribution in [3.8, 4) is 0 Å². The summed E-state index contributed by atoms with van der Waals surface area (Å²) in [6.45, 7) is 2.29. The molecule has 0 aliphatic carbocycles. The van der Waals surface area contributed by atoms with E-state index in [1.165, 1.54) is 29.3 Å². The maximum absolute atomic E-state index is 13.7. The monoisotopic (exact) mass is 348 g/mol. The minimum atomic E-state index is -0.168. The van der Waals surface area contributed by atoms with Crippen molar-refractivity contribution in [2.75, 3.05) is 11.9 Å². The summed E-state index contributed by atoms with van der Waals surface area (Å²) in [5.41, 5.74) is 4.57. The first-order chi connectivity index (χ1) is 10.2. The number of rotatable bonds is 4. The Morgan fingerprint density at radius 1 is 1.14 bits per heavy atom. The number of aryl methyl sites for hydroxylation is 1. The highest BCUT2D eigenvalue weighted by atomic mass is 79.9. The van der Waals surface area contributed by atoms with Gasteiger partial charge < -0.3 is 10.6 Å². The van der Waals surface area contributed by atoms with Gasteiger partial charge in [0.1, 0.15) is 5.82 Å². The molecule has 0 atom stereocenters. The molecule has 2 aromatic carbocycles. The summed E-state index contributed by atoms with van der Waals surface area (Å²) >= 11 is 3.38. The second kappa shape index (κ2) is 6.58. The van der Waals surface area contributed by atoms with Gasteiger partial charge in [-0.15, -0.1) is 0 Å². The van der Waals surface area contributed by atoms with Gasteiger partial charge in [0, 0.05) is 35.4 Å². The Labute approximate surface area is 132 Å². The van der Waals surface area contributed by atoms with Gasteiger partial charge in [-0.2, -0.15) is 0 Å². The van der Waals surface area contributed by atoms with Crippen LogP contribution < -0.4 is 10.6 Å². The molecule has 1 aliphatic rings. The largest absolute Gasteiger partial charge is 0.385 e. The number of fused-ring (bicyclic) bond motifs is 1. The molecule has 2 N–H and O–H groups in total. The number of benzene rings is 2. The molecule has 0 saturated carbocycles. The summed E-state index contributed by atoms with van der Waals surface area (Å²) in [6.07, 6.45) is 2.32. The highest BCUT2D eigenvalue weighted by Gasteiger charge is 2.12. The van der Waals surface area contributed by atoms with Crippen molar-refractivity contribution in [3.63, 3.8) is 0 Å². The predicted octanol–water partition coefficient (Wildman–Crippen LogP) is 4.24. The lowest BCUT2D eigenvalue weighted by molar-refractivity contribution is 0.587. The van der Waals surface area contributed by atoms with Crippen LogP contribution in [0.3, 0.4) is 0 Å². The summed E-state index contributed by atoms with van der Waals surface area (Å²) < 4.78 is 14.6. The Morgan fingerprint density at radius 3 is 2.90 bits per heavy atom. The third kappa shape index (κ3) is 3.44. The Bertz CT molecular complexity index is 643. The van der Waals surface area contributed by atoms with Gasteiger partial charge in [0.2, 0.25) is 0 Å². The number of anilines is 1. The van der Waals surface area contributed by atoms with E-state index in [1.807, 2.05) is 6.07 Å². The zero-order valence-corrected chi connectivity index (χ0v) is 13.3. The molecular formula is C17H18BrFN2. The lowest BCUT2D eigenvalue weighted by Crippen LogP contribution is -2.18. The molecule has 1 aliphatic heterocycles. The van der Waals surface area contributed by atoms with Crippen molar-refractivity contribution in [1.82, 2.24) is 5.32 Å². The lowest BCUT2D eigenvalue weighted by Gasteiger charge is -2.21. The number of para-hydroxylation sites is 1. The fourth-order valence-corrected chi connectivity index (χ4v) is 3.15. The molecule has 21 heavy (non-hydrogen) atoms. The van der Waals surface area contributed by atoms with E-state index < -0.39 is 0 Å². The van der Waals surface area contributed by atoms with Crippen molar-refractivity contribution in [2.24, 2.45) is 0 Å². The molecule has 2 aromatic rings. The van der Waals surface area contributed by atoms with Crippen molar-refractivity contribution < 1.29 is 4.39 Å². The van der Waals surface area contributed by atoms with Crippen LogP contribution in [0.25, 0.3) is 0 Å². The topological polar surface area (TPSA) is 24.1 Å². The van der Waals surface area contributed by atoms with E-state index in [4.69, 9.17) is 0 Å². The van der Waals surface area contributed by atoms with Crippen LogP contribution in [0.5, 0.6) is 0 Å². The zero-order valence-electron chi connectivity index (χ0n) is 11.8. The second-order valence-corrected chi connectivity index (χ2v) is 6.24. The van der Waals surface area contributed by atoms with Crippen molar-refractivity contribution in [2.45, 2.75) is 25.9 Å². The van der Waals surface area contributed by atoms with E-state index in [0.717, 1.165) is 24.0 Å². The molecule has 4 heteroatoms. The molecule has 0 aromatic heterocycles. The highest BCUT2D eigenvalue weighted by Crippen LogP contribution is 2.26. The van der Waals surface area contributed by atoms with Crippen LogP contribution in [-0.2, 0) is 19.5 Å². The Hall–Kier alpha value is -1.39. The van der Waals surface area contributed by atoms with Crippen LogP contribution in [-0.4, -0.2) is 6.54 Å². The SMILES string of the molecule is Fc1ccc(Br)cc1CNCc1cccc2c1NCCC2. The highest BCUT2D eigenvalue weighted by molar-refractivity contribution is 9.10. The van der Waals surface area contributed by atoms with Crippen LogP contribution in [0.4, 0.5) is 10.1 Å². The average molecular weight is 349 g/mol. The fourth-order valence-electron chi connectivity index (χ4n) is 2.74. The quantitative estimate of drug-likeness (QED) is 0.863. The van der Waals surface area contributed by atoms with Crippen LogP contribution in [0.15, 0.2) is 40.9 Å². The zero-order chi connectivity index (χ0) is 14.7. The fraction of sp³-hybridized carbons (Fsp3) is 0.294. The Morgan fingerprint density at radius 2 is 2.00 bits per heavy atom. The van der Waals surface area contributed by atoms with E-state index >= 15 is 0 Å². The molecule has 0 saturated heterocycles. The molecule has 3 rings (SSSR count). The third-order valence-electron chi connectivity index (χ3n) is 3.80. The second-order valence-electron chi connectivity index (χ2n) is 5.32. The predicted molar refractivity (Wildman–Crippen MR) is 87.9 cm³/mol. The Kier molecular flexibility index (Phi) is 4.56. The number of nitrogens with one attached hydrogen (secondary N) is 2. The molecule has 2 nitrogen and oxygen atoms in total. The van der Waals surface area contributed by atoms with Gasteiger partial charge in [0.25, 0.3) is 0 Å². The van der Waals surface area contributed by atoms with Crippen molar-refractivity contribution in [1.29, 1.82) is 0 Å². The van der Waals surface area contributed by atoms with Crippen LogP contribution in [0, 0.1) is 5.82 Å². The summed E-state index contributed by atoms with van der Waals surface area (Å²) in [7, 11) is 0. The Balaban J connectivity index is 1.67. The third-order valence-corrected chi connectivity index (χ3v) is 4.29. The van der Waals surface area contributed by atoms with Gasteiger partial charge >= 0.3 is 0 Å². The minimum Gasteiger partial charge on any atom is -0.385 e. The van der Waals surface area contributed by atoms with Gasteiger partial charge in [-0.25, -0.2) is 4.39 Å². The maximum atomic E-state index is 13.7. The van der Waals surface area contributed by atoms with E-state index in [1.54, 1.807) is 6.07 Å². The standard InChI is InChI=1S/C17H18BrFN2/c18-15-6-7-16(19)14(9-15)11-20-10-13-4-1-3-12-5-2-8-21-17(12)13/h1,3-4,6-7,9,20-21H,2,5,8,10-11H2. The van der Waals surface area contributed by atoms with Gasteiger partial charge in [-0.05, 0) is 42.2 Å². The van der Waals surface area contributed by atoms with E-state index in [-0.39, 0.29) is 5.82 Å². The van der Waals surface area contributed by atoms with E-state index in [0.29, 0.717) is 12.1 Å². The van der Waals surface area contributed by atoms with Crippen LogP contribution in [0.2, 0.25) is 0 Å². The van der Waals surface area contributed by atoms with E-state index in [2.05, 4.69) is 44.8 Å². The summed E-state index contributed by atoms with van der Waals surface area (Å²) in [4.78, 5) is 0. The van der Waals surface area contributed by atoms with Gasteiger partial charge in [0.15, 0.2) is 0 Å². The lowest BCUT2D eigenvalue weighted by atomic mass is 9.99. The molecule has 0 unspecified atom stereocenters. The van der Waals surface area contributed by atoms with Crippen LogP contribution in [0.1, 0.15) is 23.1 Å². The first-order valence-corrected chi connectivity index (χ1v) is 8.02. The molecule has 0 fully saturated rings. The molecule has 0 spiro atoms. The number of hydrogen-bond acceptors (Lipinski definition) is 2. The molecule has 0 bridgehead atoms. The number of halogens is 2. The maximum Gasteiger partial charge on any atom is 0.127 e. The summed E-state index contributed by atoms with van der Waals surface area (Å²) in [5.74, 6) is -0.168. The van der Waals surface area contributed by atoms with Crippen molar-refractivity contribution >= 4 is 21.6 Å². The summed E-state index contributed by atoms with van der Waals surface area (Å²) in [5, 5.41) is 6.81. The molecule has 0 radical (unpaired) electrons. The number of hydrogen-bond donors (Lipinski definition) is 2. The normalized spacial score (nSPS) is 13.6. The van der Waals surface area contributed by atoms with Gasteiger partial charge in [-0.3, -0.25) is 0 Å². The smallest absolute Gasteiger partial charge is 0.127 e. The molecule has 1 heterocycles. The van der Waals surface area contributed by atoms with E-state index in [9.17, 15) is 4.39 Å². The van der Waals surface area contributed by atoms with Crippen molar-refractivity contribution in [3.05, 3.63) is 63.4 Å². The first-order valence-electron chi connectivity index (χ1n) is 7.23. The minimum absolute atomic E-state index is 0.168. The average Bonchev–Trinajstić information content (AvgIpc) is 2.51. The van der Waals surface area contributed by atoms with Crippen LogP contribution >= 0.6 is 15.9 Å². The first kappa shape index (κ1) is 14.5. The molecular weight excluding hydrogens is 331 g/mol. The van der Waals surface area contributed by atoms with Gasteiger partial charge in [0.05, 0.1) is 0 Å². The molecule has 110 valence electrons.